The largest absolute Gasteiger partial charge is 0.496 e. The van der Waals surface area contributed by atoms with Gasteiger partial charge in [0.1, 0.15) is 5.75 Å². The number of rotatable bonds is 6. The van der Waals surface area contributed by atoms with E-state index in [0.29, 0.717) is 43.4 Å². The van der Waals surface area contributed by atoms with E-state index in [0.717, 1.165) is 23.8 Å². The van der Waals surface area contributed by atoms with Crippen LogP contribution < -0.4 is 9.64 Å². The fourth-order valence-corrected chi connectivity index (χ4v) is 3.74. The molecule has 1 aromatic heterocycles. The second-order valence-electron chi connectivity index (χ2n) is 7.51. The SMILES string of the molecule is COc1ccccc1-c1ccc(N2CCN(C(=O)c3cc([N+](=O)[O-])cc([N+](=O)[O-])c3)CC2)nn1. The number of amides is 1. The number of hydrogen-bond donors (Lipinski definition) is 0. The van der Waals surface area contributed by atoms with Crippen molar-refractivity contribution in [1.29, 1.82) is 0 Å². The lowest BCUT2D eigenvalue weighted by Crippen LogP contribution is -2.49. The van der Waals surface area contributed by atoms with E-state index < -0.39 is 27.1 Å². The molecule has 0 bridgehead atoms. The molecule has 2 heterocycles. The van der Waals surface area contributed by atoms with E-state index in [1.165, 1.54) is 4.90 Å². The molecule has 0 radical (unpaired) electrons. The summed E-state index contributed by atoms with van der Waals surface area (Å²) < 4.78 is 5.37. The Bertz CT molecular complexity index is 1210. The van der Waals surface area contributed by atoms with E-state index in [2.05, 4.69) is 10.2 Å². The first kappa shape index (κ1) is 22.6. The molecule has 0 N–H and O–H groups in total. The second kappa shape index (κ2) is 9.48. The van der Waals surface area contributed by atoms with Crippen LogP contribution in [0.1, 0.15) is 10.4 Å². The topological polar surface area (TPSA) is 145 Å². The third-order valence-electron chi connectivity index (χ3n) is 5.50. The number of nitro groups is 2. The summed E-state index contributed by atoms with van der Waals surface area (Å²) in [5, 5.41) is 30.8. The molecule has 0 spiro atoms. The first-order valence-electron chi connectivity index (χ1n) is 10.3. The van der Waals surface area contributed by atoms with Crippen molar-refractivity contribution in [1.82, 2.24) is 15.1 Å². The van der Waals surface area contributed by atoms with Crippen molar-refractivity contribution in [3.8, 4) is 17.0 Å². The predicted molar refractivity (Wildman–Crippen MR) is 122 cm³/mol. The van der Waals surface area contributed by atoms with Crippen molar-refractivity contribution in [3.05, 3.63) is 80.4 Å². The fourth-order valence-electron chi connectivity index (χ4n) is 3.74. The number of nitrogens with zero attached hydrogens (tertiary/aromatic N) is 6. The Morgan fingerprint density at radius 2 is 1.56 bits per heavy atom. The van der Waals surface area contributed by atoms with Gasteiger partial charge in [0, 0.05) is 43.9 Å². The molecule has 12 nitrogen and oxygen atoms in total. The normalized spacial score (nSPS) is 13.4. The zero-order valence-electron chi connectivity index (χ0n) is 18.2. The quantitative estimate of drug-likeness (QED) is 0.397. The highest BCUT2D eigenvalue weighted by Gasteiger charge is 2.26. The van der Waals surface area contributed by atoms with Gasteiger partial charge >= 0.3 is 0 Å². The average molecular weight is 464 g/mol. The van der Waals surface area contributed by atoms with Gasteiger partial charge in [-0.3, -0.25) is 25.0 Å². The Balaban J connectivity index is 1.45. The third-order valence-corrected chi connectivity index (χ3v) is 5.50. The Morgan fingerprint density at radius 1 is 0.912 bits per heavy atom. The molecule has 1 aliphatic rings. The maximum Gasteiger partial charge on any atom is 0.277 e. The lowest BCUT2D eigenvalue weighted by molar-refractivity contribution is -0.394. The highest BCUT2D eigenvalue weighted by atomic mass is 16.6. The van der Waals surface area contributed by atoms with Gasteiger partial charge in [0.2, 0.25) is 0 Å². The molecule has 3 aromatic rings. The lowest BCUT2D eigenvalue weighted by atomic mass is 10.1. The summed E-state index contributed by atoms with van der Waals surface area (Å²) in [6, 6.07) is 14.1. The van der Waals surface area contributed by atoms with Crippen LogP contribution in [0.4, 0.5) is 17.2 Å². The molecule has 2 aromatic carbocycles. The summed E-state index contributed by atoms with van der Waals surface area (Å²) in [4.78, 5) is 37.1. The van der Waals surface area contributed by atoms with Gasteiger partial charge in [0.05, 0.1) is 34.3 Å². The molecule has 1 amide bonds. The molecular formula is C22H20N6O6. The zero-order chi connectivity index (χ0) is 24.2. The van der Waals surface area contributed by atoms with E-state index in [1.807, 2.05) is 41.3 Å². The van der Waals surface area contributed by atoms with Crippen molar-refractivity contribution in [3.63, 3.8) is 0 Å². The van der Waals surface area contributed by atoms with Gasteiger partial charge in [-0.25, -0.2) is 0 Å². The van der Waals surface area contributed by atoms with Crippen LogP contribution in [0.25, 0.3) is 11.3 Å². The number of hydrogen-bond acceptors (Lipinski definition) is 9. The third kappa shape index (κ3) is 4.60. The van der Waals surface area contributed by atoms with Gasteiger partial charge in [0.15, 0.2) is 5.82 Å². The van der Waals surface area contributed by atoms with Crippen molar-refractivity contribution >= 4 is 23.1 Å². The number of para-hydroxylation sites is 1. The van der Waals surface area contributed by atoms with Crippen molar-refractivity contribution in [2.24, 2.45) is 0 Å². The van der Waals surface area contributed by atoms with E-state index in [-0.39, 0.29) is 5.56 Å². The lowest BCUT2D eigenvalue weighted by Gasteiger charge is -2.35. The molecule has 0 saturated carbocycles. The Morgan fingerprint density at radius 3 is 2.12 bits per heavy atom. The first-order chi connectivity index (χ1) is 16.4. The number of non-ortho nitro benzene ring substituents is 2. The molecule has 4 rings (SSSR count). The molecule has 0 unspecified atom stereocenters. The van der Waals surface area contributed by atoms with Crippen LogP contribution in [-0.4, -0.2) is 64.1 Å². The number of piperazine rings is 1. The van der Waals surface area contributed by atoms with Crippen LogP contribution in [-0.2, 0) is 0 Å². The summed E-state index contributed by atoms with van der Waals surface area (Å²) in [5.74, 6) is 0.846. The highest BCUT2D eigenvalue weighted by Crippen LogP contribution is 2.28. The minimum absolute atomic E-state index is 0.0877. The number of benzene rings is 2. The minimum atomic E-state index is -0.755. The van der Waals surface area contributed by atoms with Crippen LogP contribution >= 0.6 is 0 Å². The van der Waals surface area contributed by atoms with Crippen molar-refractivity contribution in [2.75, 3.05) is 38.2 Å². The summed E-state index contributed by atoms with van der Waals surface area (Å²) >= 11 is 0. The van der Waals surface area contributed by atoms with Gasteiger partial charge in [-0.2, -0.15) is 0 Å². The zero-order valence-corrected chi connectivity index (χ0v) is 18.2. The molecule has 1 aliphatic heterocycles. The van der Waals surface area contributed by atoms with Crippen LogP contribution in [0.3, 0.4) is 0 Å². The van der Waals surface area contributed by atoms with Crippen molar-refractivity contribution in [2.45, 2.75) is 0 Å². The second-order valence-corrected chi connectivity index (χ2v) is 7.51. The summed E-state index contributed by atoms with van der Waals surface area (Å²) in [6.45, 7) is 1.58. The average Bonchev–Trinajstić information content (AvgIpc) is 2.88. The molecule has 174 valence electrons. The van der Waals surface area contributed by atoms with E-state index in [4.69, 9.17) is 4.74 Å². The van der Waals surface area contributed by atoms with Gasteiger partial charge in [-0.05, 0) is 24.3 Å². The molecule has 34 heavy (non-hydrogen) atoms. The van der Waals surface area contributed by atoms with Crippen LogP contribution in [0, 0.1) is 20.2 Å². The fraction of sp³-hybridized carbons (Fsp3) is 0.227. The molecular weight excluding hydrogens is 444 g/mol. The minimum Gasteiger partial charge on any atom is -0.496 e. The molecule has 0 atom stereocenters. The van der Waals surface area contributed by atoms with Crippen LogP contribution in [0.5, 0.6) is 5.75 Å². The maximum atomic E-state index is 12.9. The number of anilines is 1. The number of aromatic nitrogens is 2. The molecule has 12 heteroatoms. The van der Waals surface area contributed by atoms with Crippen LogP contribution in [0.2, 0.25) is 0 Å². The van der Waals surface area contributed by atoms with Gasteiger partial charge < -0.3 is 14.5 Å². The summed E-state index contributed by atoms with van der Waals surface area (Å²) in [7, 11) is 1.59. The summed E-state index contributed by atoms with van der Waals surface area (Å²) in [5.41, 5.74) is 0.409. The molecule has 1 fully saturated rings. The number of carbonyl (C=O) groups excluding carboxylic acids is 1. The Labute approximate surface area is 193 Å². The smallest absolute Gasteiger partial charge is 0.277 e. The number of ether oxygens (including phenoxy) is 1. The monoisotopic (exact) mass is 464 g/mol. The van der Waals surface area contributed by atoms with Gasteiger partial charge in [0.25, 0.3) is 17.3 Å². The van der Waals surface area contributed by atoms with E-state index in [1.54, 1.807) is 7.11 Å². The standard InChI is InChI=1S/C22H20N6O6/c1-34-20-5-3-2-4-18(20)19-6-7-21(24-23-19)25-8-10-26(11-9-25)22(29)15-12-16(27(30)31)14-17(13-15)28(32)33/h2-7,12-14H,8-11H2,1H3. The van der Waals surface area contributed by atoms with Crippen molar-refractivity contribution < 1.29 is 19.4 Å². The van der Waals surface area contributed by atoms with Gasteiger partial charge in [-0.15, -0.1) is 10.2 Å². The number of nitro benzene ring substituents is 2. The molecule has 1 saturated heterocycles. The highest BCUT2D eigenvalue weighted by molar-refractivity contribution is 5.95. The van der Waals surface area contributed by atoms with E-state index >= 15 is 0 Å². The van der Waals surface area contributed by atoms with Crippen LogP contribution in [0.15, 0.2) is 54.6 Å². The number of carbonyl (C=O) groups is 1. The first-order valence-corrected chi connectivity index (χ1v) is 10.3. The van der Waals surface area contributed by atoms with E-state index in [9.17, 15) is 25.0 Å². The summed E-state index contributed by atoms with van der Waals surface area (Å²) in [6.07, 6.45) is 0. The Hall–Kier alpha value is -4.61. The Kier molecular flexibility index (Phi) is 6.30. The maximum absolute atomic E-state index is 12.9. The number of methoxy groups -OCH3 is 1. The predicted octanol–water partition coefficient (Wildman–Crippen LogP) is 2.93. The van der Waals surface area contributed by atoms with Gasteiger partial charge in [-0.1, -0.05) is 12.1 Å². The molecule has 0 aliphatic carbocycles.